The molecule has 1 fully saturated rings. The van der Waals surface area contributed by atoms with E-state index in [9.17, 15) is 0 Å². The Kier molecular flexibility index (Phi) is 2.79. The van der Waals surface area contributed by atoms with Gasteiger partial charge in [0.1, 0.15) is 5.75 Å². The van der Waals surface area contributed by atoms with Crippen molar-refractivity contribution in [3.63, 3.8) is 0 Å². The third kappa shape index (κ3) is 2.44. The number of hydrogen-bond acceptors (Lipinski definition) is 3. The number of rotatable bonds is 2. The highest BCUT2D eigenvalue weighted by Crippen LogP contribution is 2.11. The zero-order valence-electron chi connectivity index (χ0n) is 7.32. The fourth-order valence-electron chi connectivity index (χ4n) is 1.21. The summed E-state index contributed by atoms with van der Waals surface area (Å²) in [5.74, 6) is 0.733. The van der Waals surface area contributed by atoms with Gasteiger partial charge in [-0.15, -0.1) is 0 Å². The van der Waals surface area contributed by atoms with Gasteiger partial charge in [0.05, 0.1) is 13.2 Å². The van der Waals surface area contributed by atoms with Crippen molar-refractivity contribution in [1.82, 2.24) is 5.32 Å². The lowest BCUT2D eigenvalue weighted by atomic mass is 10.3. The molecule has 1 radical (unpaired) electrons. The van der Waals surface area contributed by atoms with Gasteiger partial charge in [-0.25, -0.2) is 0 Å². The van der Waals surface area contributed by atoms with Gasteiger partial charge in [-0.05, 0) is 6.07 Å². The van der Waals surface area contributed by atoms with Crippen LogP contribution in [0.4, 0.5) is 0 Å². The minimum Gasteiger partial charge on any atom is -0.463 e. The summed E-state index contributed by atoms with van der Waals surface area (Å²) in [6.07, 6.45) is -0.174. The fraction of sp³-hybridized carbons (Fsp3) is 0.400. The van der Waals surface area contributed by atoms with Crippen molar-refractivity contribution < 1.29 is 9.47 Å². The Morgan fingerprint density at radius 2 is 2.54 bits per heavy atom. The molecule has 1 atom stereocenters. The van der Waals surface area contributed by atoms with Crippen LogP contribution >= 0.6 is 0 Å². The van der Waals surface area contributed by atoms with Crippen molar-refractivity contribution in [3.8, 4) is 5.75 Å². The molecule has 0 amide bonds. The van der Waals surface area contributed by atoms with Gasteiger partial charge in [0.2, 0.25) is 6.29 Å². The maximum absolute atomic E-state index is 5.52. The van der Waals surface area contributed by atoms with E-state index in [0.29, 0.717) is 6.61 Å². The molecular formula is C10H12NO2. The Hall–Kier alpha value is -1.06. The minimum atomic E-state index is -0.174. The number of benzene rings is 1. The van der Waals surface area contributed by atoms with Crippen LogP contribution in [0.25, 0.3) is 0 Å². The topological polar surface area (TPSA) is 30.5 Å². The Bertz CT molecular complexity index is 244. The average Bonchev–Trinajstić information content (AvgIpc) is 2.21. The molecule has 1 aliphatic heterocycles. The maximum Gasteiger partial charge on any atom is 0.212 e. The number of nitrogens with one attached hydrogen (secondary N) is 1. The zero-order chi connectivity index (χ0) is 8.93. The van der Waals surface area contributed by atoms with Crippen LogP contribution in [-0.4, -0.2) is 26.0 Å². The first kappa shape index (κ1) is 8.53. The van der Waals surface area contributed by atoms with Crippen LogP contribution in [0, 0.1) is 6.07 Å². The van der Waals surface area contributed by atoms with Crippen molar-refractivity contribution >= 4 is 0 Å². The third-order valence-corrected chi connectivity index (χ3v) is 1.83. The van der Waals surface area contributed by atoms with Crippen molar-refractivity contribution in [2.45, 2.75) is 6.29 Å². The molecule has 1 heterocycles. The van der Waals surface area contributed by atoms with Crippen LogP contribution in [-0.2, 0) is 4.74 Å². The van der Waals surface area contributed by atoms with Crippen LogP contribution in [0.1, 0.15) is 0 Å². The van der Waals surface area contributed by atoms with Gasteiger partial charge in [-0.1, -0.05) is 18.2 Å². The third-order valence-electron chi connectivity index (χ3n) is 1.83. The summed E-state index contributed by atoms with van der Waals surface area (Å²) in [4.78, 5) is 0. The van der Waals surface area contributed by atoms with E-state index in [1.165, 1.54) is 0 Å². The van der Waals surface area contributed by atoms with Gasteiger partial charge in [0, 0.05) is 12.6 Å². The van der Waals surface area contributed by atoms with Crippen molar-refractivity contribution in [1.29, 1.82) is 0 Å². The minimum absolute atomic E-state index is 0.174. The molecule has 0 spiro atoms. The van der Waals surface area contributed by atoms with Gasteiger partial charge >= 0.3 is 0 Å². The van der Waals surface area contributed by atoms with E-state index in [4.69, 9.17) is 9.47 Å². The maximum atomic E-state index is 5.52. The van der Waals surface area contributed by atoms with Crippen LogP contribution in [0.5, 0.6) is 5.75 Å². The van der Waals surface area contributed by atoms with Gasteiger partial charge in [0.25, 0.3) is 0 Å². The lowest BCUT2D eigenvalue weighted by molar-refractivity contribution is -0.0947. The molecule has 1 aromatic rings. The summed E-state index contributed by atoms with van der Waals surface area (Å²) in [5.41, 5.74) is 0. The van der Waals surface area contributed by atoms with Crippen LogP contribution in [0.2, 0.25) is 0 Å². The molecule has 3 heteroatoms. The van der Waals surface area contributed by atoms with Gasteiger partial charge in [-0.2, -0.15) is 0 Å². The molecule has 13 heavy (non-hydrogen) atoms. The molecule has 0 aromatic heterocycles. The number of hydrogen-bond donors (Lipinski definition) is 1. The van der Waals surface area contributed by atoms with E-state index >= 15 is 0 Å². The van der Waals surface area contributed by atoms with Crippen LogP contribution in [0.15, 0.2) is 24.3 Å². The standard InChI is InChI=1S/C10H12NO2/c1-2-4-9(5-3-1)13-10-8-11-6-7-12-10/h1-4,10-11H,6-8H2. The van der Waals surface area contributed by atoms with Crippen molar-refractivity contribution in [2.24, 2.45) is 0 Å². The predicted octanol–water partition coefficient (Wildman–Crippen LogP) is 0.811. The summed E-state index contributed by atoms with van der Waals surface area (Å²) in [7, 11) is 0. The normalized spacial score (nSPS) is 22.6. The lowest BCUT2D eigenvalue weighted by Gasteiger charge is -2.24. The van der Waals surface area contributed by atoms with E-state index in [1.807, 2.05) is 24.3 Å². The van der Waals surface area contributed by atoms with Gasteiger partial charge in [0.15, 0.2) is 0 Å². The highest BCUT2D eigenvalue weighted by Gasteiger charge is 2.13. The van der Waals surface area contributed by atoms with E-state index in [2.05, 4.69) is 11.4 Å². The summed E-state index contributed by atoms with van der Waals surface area (Å²) in [6.45, 7) is 2.35. The lowest BCUT2D eigenvalue weighted by Crippen LogP contribution is -2.41. The summed E-state index contributed by atoms with van der Waals surface area (Å²) >= 11 is 0. The zero-order valence-corrected chi connectivity index (χ0v) is 7.32. The summed E-state index contributed by atoms with van der Waals surface area (Å²) in [6, 6.07) is 10.5. The Labute approximate surface area is 77.7 Å². The second kappa shape index (κ2) is 4.25. The molecule has 1 unspecified atom stereocenters. The molecule has 0 bridgehead atoms. The van der Waals surface area contributed by atoms with Crippen molar-refractivity contribution in [3.05, 3.63) is 30.3 Å². The number of morpholine rings is 1. The van der Waals surface area contributed by atoms with Crippen LogP contribution in [0.3, 0.4) is 0 Å². The van der Waals surface area contributed by atoms with Crippen LogP contribution < -0.4 is 10.1 Å². The second-order valence-electron chi connectivity index (χ2n) is 2.85. The average molecular weight is 178 g/mol. The molecule has 1 aromatic carbocycles. The SMILES string of the molecule is [c]1ccccc1OC1CNCCO1. The van der Waals surface area contributed by atoms with Gasteiger partial charge in [-0.3, -0.25) is 0 Å². The first-order chi connectivity index (χ1) is 6.45. The van der Waals surface area contributed by atoms with E-state index < -0.39 is 0 Å². The van der Waals surface area contributed by atoms with Crippen molar-refractivity contribution in [2.75, 3.05) is 19.7 Å². The monoisotopic (exact) mass is 178 g/mol. The molecule has 0 aliphatic carbocycles. The number of ether oxygens (including phenoxy) is 2. The Balaban J connectivity index is 1.90. The van der Waals surface area contributed by atoms with E-state index in [0.717, 1.165) is 18.8 Å². The number of para-hydroxylation sites is 1. The molecule has 2 rings (SSSR count). The quantitative estimate of drug-likeness (QED) is 0.727. The summed E-state index contributed by atoms with van der Waals surface area (Å²) in [5, 5.41) is 3.19. The fourth-order valence-corrected chi connectivity index (χ4v) is 1.21. The molecule has 0 saturated carbocycles. The summed E-state index contributed by atoms with van der Waals surface area (Å²) < 4.78 is 10.9. The van der Waals surface area contributed by atoms with Gasteiger partial charge < -0.3 is 14.8 Å². The first-order valence-electron chi connectivity index (χ1n) is 4.41. The second-order valence-corrected chi connectivity index (χ2v) is 2.85. The van der Waals surface area contributed by atoms with E-state index in [1.54, 1.807) is 0 Å². The smallest absolute Gasteiger partial charge is 0.212 e. The van der Waals surface area contributed by atoms with E-state index in [-0.39, 0.29) is 6.29 Å². The molecular weight excluding hydrogens is 166 g/mol. The molecule has 1 aliphatic rings. The predicted molar refractivity (Wildman–Crippen MR) is 48.5 cm³/mol. The Morgan fingerprint density at radius 3 is 3.23 bits per heavy atom. The Morgan fingerprint density at radius 1 is 1.54 bits per heavy atom. The molecule has 1 N–H and O–H groups in total. The largest absolute Gasteiger partial charge is 0.463 e. The highest BCUT2D eigenvalue weighted by atomic mass is 16.7. The highest BCUT2D eigenvalue weighted by molar-refractivity contribution is 5.19. The molecule has 69 valence electrons. The molecule has 1 saturated heterocycles. The first-order valence-corrected chi connectivity index (χ1v) is 4.41. The molecule has 3 nitrogen and oxygen atoms in total.